The van der Waals surface area contributed by atoms with E-state index in [0.29, 0.717) is 0 Å². The monoisotopic (exact) mass is 288 g/mol. The highest BCUT2D eigenvalue weighted by Gasteiger charge is 2.24. The van der Waals surface area contributed by atoms with Gasteiger partial charge in [-0.3, -0.25) is 0 Å². The number of benzene rings is 1. The molecule has 2 N–H and O–H groups in total. The van der Waals surface area contributed by atoms with Crippen LogP contribution in [0.25, 0.3) is 0 Å². The first-order valence-corrected chi connectivity index (χ1v) is 8.22. The number of nitrogens with two attached hydrogens (primary N) is 1. The summed E-state index contributed by atoms with van der Waals surface area (Å²) in [5, 5.41) is 0. The number of hydrogen-bond acceptors (Lipinski definition) is 4. The van der Waals surface area contributed by atoms with Gasteiger partial charge < -0.3 is 20.4 Å². The topological polar surface area (TPSA) is 35.7 Å². The van der Waals surface area contributed by atoms with Crippen LogP contribution in [0.1, 0.15) is 19.8 Å². The average Bonchev–Trinajstić information content (AvgIpc) is 2.49. The Kier molecular flexibility index (Phi) is 4.24. The van der Waals surface area contributed by atoms with Crippen molar-refractivity contribution in [3.8, 4) is 0 Å². The number of piperazine rings is 1. The Labute approximate surface area is 128 Å². The molecule has 0 aromatic heterocycles. The lowest BCUT2D eigenvalue weighted by molar-refractivity contribution is 0.313. The lowest BCUT2D eigenvalue weighted by atomic mass is 9.98. The van der Waals surface area contributed by atoms with E-state index in [1.165, 1.54) is 24.2 Å². The van der Waals surface area contributed by atoms with Gasteiger partial charge in [0, 0.05) is 39.3 Å². The standard InChI is InChI=1S/C17H28N4/c1-14-6-8-21(9-7-14)17-15(18)4-3-5-16(17)20-12-10-19(2)11-13-20/h3-5,14H,6-13,18H2,1-2H3. The van der Waals surface area contributed by atoms with E-state index in [4.69, 9.17) is 5.73 Å². The third kappa shape index (κ3) is 3.10. The Morgan fingerprint density at radius 3 is 2.29 bits per heavy atom. The van der Waals surface area contributed by atoms with Gasteiger partial charge in [-0.15, -0.1) is 0 Å². The van der Waals surface area contributed by atoms with Gasteiger partial charge in [0.25, 0.3) is 0 Å². The van der Waals surface area contributed by atoms with Crippen LogP contribution in [-0.2, 0) is 0 Å². The summed E-state index contributed by atoms with van der Waals surface area (Å²) in [6, 6.07) is 6.39. The molecule has 0 saturated carbocycles. The van der Waals surface area contributed by atoms with Gasteiger partial charge in [-0.2, -0.15) is 0 Å². The van der Waals surface area contributed by atoms with Crippen molar-refractivity contribution in [2.45, 2.75) is 19.8 Å². The largest absolute Gasteiger partial charge is 0.397 e. The zero-order valence-corrected chi connectivity index (χ0v) is 13.4. The van der Waals surface area contributed by atoms with Crippen molar-refractivity contribution in [3.63, 3.8) is 0 Å². The van der Waals surface area contributed by atoms with E-state index >= 15 is 0 Å². The normalized spacial score (nSPS) is 21.8. The van der Waals surface area contributed by atoms with Crippen molar-refractivity contribution in [1.82, 2.24) is 4.90 Å². The molecule has 4 heteroatoms. The van der Waals surface area contributed by atoms with Crippen molar-refractivity contribution in [1.29, 1.82) is 0 Å². The number of hydrogen-bond donors (Lipinski definition) is 1. The fourth-order valence-corrected chi connectivity index (χ4v) is 3.43. The van der Waals surface area contributed by atoms with Crippen molar-refractivity contribution in [3.05, 3.63) is 18.2 Å². The molecular weight excluding hydrogens is 260 g/mol. The summed E-state index contributed by atoms with van der Waals surface area (Å²) in [6.07, 6.45) is 2.55. The first kappa shape index (κ1) is 14.5. The van der Waals surface area contributed by atoms with Crippen LogP contribution in [-0.4, -0.2) is 51.2 Å². The molecule has 3 rings (SSSR count). The van der Waals surface area contributed by atoms with Crippen molar-refractivity contribution in [2.24, 2.45) is 5.92 Å². The summed E-state index contributed by atoms with van der Waals surface area (Å²) in [7, 11) is 2.20. The maximum Gasteiger partial charge on any atom is 0.0837 e. The summed E-state index contributed by atoms with van der Waals surface area (Å²) < 4.78 is 0. The van der Waals surface area contributed by atoms with Crippen molar-refractivity contribution >= 4 is 17.1 Å². The van der Waals surface area contributed by atoms with E-state index in [1.807, 2.05) is 6.07 Å². The van der Waals surface area contributed by atoms with E-state index in [0.717, 1.165) is 50.9 Å². The minimum absolute atomic E-state index is 0.846. The number of likely N-dealkylation sites (N-methyl/N-ethyl adjacent to an activating group) is 1. The molecule has 2 heterocycles. The predicted molar refractivity (Wildman–Crippen MR) is 91.2 cm³/mol. The maximum absolute atomic E-state index is 6.34. The molecular formula is C17H28N4. The Balaban J connectivity index is 1.85. The van der Waals surface area contributed by atoms with Crippen LogP contribution in [0.3, 0.4) is 0 Å². The predicted octanol–water partition coefficient (Wildman–Crippen LogP) is 2.26. The second-order valence-electron chi connectivity index (χ2n) is 6.67. The van der Waals surface area contributed by atoms with Gasteiger partial charge in [0.05, 0.1) is 17.1 Å². The molecule has 4 nitrogen and oxygen atoms in total. The number of piperidine rings is 1. The smallest absolute Gasteiger partial charge is 0.0837 e. The van der Waals surface area contributed by atoms with Crippen LogP contribution in [0.15, 0.2) is 18.2 Å². The second-order valence-corrected chi connectivity index (χ2v) is 6.67. The molecule has 2 saturated heterocycles. The van der Waals surface area contributed by atoms with E-state index in [1.54, 1.807) is 0 Å². The molecule has 0 bridgehead atoms. The lowest BCUT2D eigenvalue weighted by Gasteiger charge is -2.39. The van der Waals surface area contributed by atoms with Crippen molar-refractivity contribution < 1.29 is 0 Å². The molecule has 0 aliphatic carbocycles. The molecule has 2 aliphatic rings. The molecule has 2 fully saturated rings. The van der Waals surface area contributed by atoms with Crippen molar-refractivity contribution in [2.75, 3.05) is 61.8 Å². The summed E-state index contributed by atoms with van der Waals surface area (Å²) in [4.78, 5) is 7.40. The third-order valence-electron chi connectivity index (χ3n) is 4.99. The van der Waals surface area contributed by atoms with Gasteiger partial charge in [-0.25, -0.2) is 0 Å². The Bertz CT molecular complexity index is 472. The summed E-state index contributed by atoms with van der Waals surface area (Å²) >= 11 is 0. The zero-order valence-electron chi connectivity index (χ0n) is 13.4. The van der Waals surface area contributed by atoms with Gasteiger partial charge in [0.15, 0.2) is 0 Å². The number of para-hydroxylation sites is 1. The number of nitrogens with zero attached hydrogens (tertiary/aromatic N) is 3. The third-order valence-corrected chi connectivity index (χ3v) is 4.99. The quantitative estimate of drug-likeness (QED) is 0.847. The highest BCUT2D eigenvalue weighted by atomic mass is 15.3. The highest BCUT2D eigenvalue weighted by molar-refractivity contribution is 5.83. The number of anilines is 3. The molecule has 1 aromatic rings. The van der Waals surface area contributed by atoms with Crippen LogP contribution in [0, 0.1) is 5.92 Å². The van der Waals surface area contributed by atoms with Gasteiger partial charge in [-0.1, -0.05) is 13.0 Å². The number of rotatable bonds is 2. The Morgan fingerprint density at radius 1 is 0.952 bits per heavy atom. The van der Waals surface area contributed by atoms with Crippen LogP contribution < -0.4 is 15.5 Å². The van der Waals surface area contributed by atoms with Gasteiger partial charge >= 0.3 is 0 Å². The second kappa shape index (κ2) is 6.14. The number of nitrogen functional groups attached to an aromatic ring is 1. The average molecular weight is 288 g/mol. The summed E-state index contributed by atoms with van der Waals surface area (Å²) in [5.41, 5.74) is 9.88. The minimum atomic E-state index is 0.846. The van der Waals surface area contributed by atoms with E-state index in [-0.39, 0.29) is 0 Å². The maximum atomic E-state index is 6.34. The van der Waals surface area contributed by atoms with Crippen LogP contribution >= 0.6 is 0 Å². The SMILES string of the molecule is CC1CCN(c2c(N)cccc2N2CCN(C)CC2)CC1. The first-order valence-electron chi connectivity index (χ1n) is 8.22. The Hall–Kier alpha value is -1.42. The molecule has 0 unspecified atom stereocenters. The molecule has 0 atom stereocenters. The minimum Gasteiger partial charge on any atom is -0.397 e. The first-order chi connectivity index (χ1) is 10.1. The van der Waals surface area contributed by atoms with E-state index in [9.17, 15) is 0 Å². The highest BCUT2D eigenvalue weighted by Crippen LogP contribution is 2.37. The molecule has 2 aliphatic heterocycles. The fourth-order valence-electron chi connectivity index (χ4n) is 3.43. The Morgan fingerprint density at radius 2 is 1.62 bits per heavy atom. The summed E-state index contributed by atoms with van der Waals surface area (Å²) in [5.74, 6) is 0.846. The van der Waals surface area contributed by atoms with E-state index < -0.39 is 0 Å². The molecule has 1 aromatic carbocycles. The molecule has 21 heavy (non-hydrogen) atoms. The molecule has 116 valence electrons. The van der Waals surface area contributed by atoms with Gasteiger partial charge in [-0.05, 0) is 37.9 Å². The van der Waals surface area contributed by atoms with E-state index in [2.05, 4.69) is 40.8 Å². The lowest BCUT2D eigenvalue weighted by Crippen LogP contribution is -2.45. The zero-order chi connectivity index (χ0) is 14.8. The molecule has 0 amide bonds. The molecule has 0 spiro atoms. The van der Waals surface area contributed by atoms with Crippen LogP contribution in [0.4, 0.5) is 17.1 Å². The fraction of sp³-hybridized carbons (Fsp3) is 0.647. The van der Waals surface area contributed by atoms with Crippen LogP contribution in [0.5, 0.6) is 0 Å². The van der Waals surface area contributed by atoms with Gasteiger partial charge in [0.2, 0.25) is 0 Å². The van der Waals surface area contributed by atoms with Crippen LogP contribution in [0.2, 0.25) is 0 Å². The molecule has 0 radical (unpaired) electrons. The van der Waals surface area contributed by atoms with Gasteiger partial charge in [0.1, 0.15) is 0 Å². The summed E-state index contributed by atoms with van der Waals surface area (Å²) in [6.45, 7) is 9.07.